The first-order chi connectivity index (χ1) is 30.0. The van der Waals surface area contributed by atoms with Crippen LogP contribution in [0.1, 0.15) is 85.1 Å². The molecule has 0 saturated carbocycles. The van der Waals surface area contributed by atoms with Gasteiger partial charge >= 0.3 is 5.97 Å². The number of rotatable bonds is 9. The number of fused-ring (bicyclic) bond motifs is 2. The third-order valence-electron chi connectivity index (χ3n) is 10.3. The highest BCUT2D eigenvalue weighted by atomic mass is 35.5. The van der Waals surface area contributed by atoms with Crippen molar-refractivity contribution in [2.75, 3.05) is 11.5 Å². The quantitative estimate of drug-likeness (QED) is 0.0931. The largest absolute Gasteiger partial charge is 0.475 e. The molecule has 0 unspecified atom stereocenters. The summed E-state index contributed by atoms with van der Waals surface area (Å²) in [6, 6.07) is 19.1. The fraction of sp³-hybridized carbons (Fsp3) is 0.244. The summed E-state index contributed by atoms with van der Waals surface area (Å²) in [5.41, 5.74) is 26.4. The van der Waals surface area contributed by atoms with E-state index >= 15 is 0 Å². The topological polar surface area (TPSA) is 257 Å². The van der Waals surface area contributed by atoms with Gasteiger partial charge in [0.1, 0.15) is 23.3 Å². The number of carboxylic acid groups (broad SMARTS) is 1. The highest BCUT2D eigenvalue weighted by Gasteiger charge is 2.18. The molecule has 0 aliphatic heterocycles. The Labute approximate surface area is 404 Å². The molecular formula is C45H52Cl4N14O3. The molecule has 8 rings (SSSR count). The van der Waals surface area contributed by atoms with Gasteiger partial charge in [0.15, 0.2) is 0 Å². The van der Waals surface area contributed by atoms with Gasteiger partial charge in [-0.15, -0.1) is 45.2 Å². The summed E-state index contributed by atoms with van der Waals surface area (Å²) in [5.74, 6) is 1.08. The maximum Gasteiger partial charge on any atom is 0.374 e. The first kappa shape index (κ1) is 53.8. The highest BCUT2D eigenvalue weighted by molar-refractivity contribution is 6.31. The molecule has 0 aliphatic rings. The van der Waals surface area contributed by atoms with Crippen LogP contribution < -0.4 is 22.5 Å². The molecule has 2 aromatic carbocycles. The Morgan fingerprint density at radius 2 is 1.11 bits per heavy atom. The number of pyridine rings is 4. The summed E-state index contributed by atoms with van der Waals surface area (Å²) < 4.78 is 3.18. The van der Waals surface area contributed by atoms with Crippen LogP contribution in [0.4, 0.5) is 11.6 Å². The number of aromatic nitrogens is 10. The Balaban J connectivity index is 0.000000286. The minimum atomic E-state index is -1.09. The van der Waals surface area contributed by atoms with E-state index in [0.717, 1.165) is 66.6 Å². The third-order valence-corrected chi connectivity index (χ3v) is 10.7. The zero-order valence-corrected chi connectivity index (χ0v) is 39.4. The molecular weight excluding hydrogens is 926 g/mol. The van der Waals surface area contributed by atoms with Gasteiger partial charge in [-0.3, -0.25) is 14.8 Å². The second kappa shape index (κ2) is 23.6. The standard InChI is InChI=1S/C22H22ClN7O.C14H11ClN4O2.C8H13N3.CH4.2ClH/c1-12-6-19(24)27-13(2)17(12)11-26-22(31)21-29-28-20(30(21)3)8-14-4-5-18-15(7-14)9-16(23)10-25-18;1-19-12(17-18-13(19)14(20)21)5-8-2-3-11-9(4-8)6-10(15)7-16-11;1-5-3-8(10)11-6(2)7(5)4-9;;;/h4-7,9-10H,8,11H2,1-3H3,(H2,24,27)(H,26,31);2-4,6-7H,5H2,1H3,(H,20,21);3H,4,9H2,1-2H3,(H2,10,11);1H4;2*1H. The minimum Gasteiger partial charge on any atom is -0.475 e. The fourth-order valence-corrected chi connectivity index (χ4v) is 7.24. The molecule has 0 atom stereocenters. The summed E-state index contributed by atoms with van der Waals surface area (Å²) in [7, 11) is 3.42. The number of carbonyl (C=O) groups excluding carboxylic acids is 1. The van der Waals surface area contributed by atoms with Crippen molar-refractivity contribution < 1.29 is 14.7 Å². The number of nitrogens with one attached hydrogen (secondary N) is 1. The predicted molar refractivity (Wildman–Crippen MR) is 265 cm³/mol. The van der Waals surface area contributed by atoms with Crippen LogP contribution in [-0.4, -0.2) is 66.4 Å². The van der Waals surface area contributed by atoms with E-state index in [-0.39, 0.29) is 49.8 Å². The number of benzene rings is 2. The van der Waals surface area contributed by atoms with E-state index in [9.17, 15) is 9.59 Å². The maximum atomic E-state index is 12.7. The number of carbonyl (C=O) groups is 2. The Kier molecular flexibility index (Phi) is 19.3. The minimum absolute atomic E-state index is 0. The molecule has 6 aromatic heterocycles. The van der Waals surface area contributed by atoms with E-state index in [1.165, 1.54) is 4.57 Å². The number of nitrogens with two attached hydrogens (primary N) is 3. The van der Waals surface area contributed by atoms with Gasteiger partial charge in [-0.25, -0.2) is 14.8 Å². The Morgan fingerprint density at radius 3 is 1.53 bits per heavy atom. The van der Waals surface area contributed by atoms with Gasteiger partial charge in [0, 0.05) is 74.6 Å². The molecule has 8 N–H and O–H groups in total. The van der Waals surface area contributed by atoms with Crippen molar-refractivity contribution in [1.82, 2.24) is 54.8 Å². The van der Waals surface area contributed by atoms with Crippen molar-refractivity contribution in [3.8, 4) is 0 Å². The van der Waals surface area contributed by atoms with Gasteiger partial charge in [0.2, 0.25) is 11.6 Å². The zero-order chi connectivity index (χ0) is 45.5. The average molecular weight is 979 g/mol. The molecule has 0 radical (unpaired) electrons. The van der Waals surface area contributed by atoms with Crippen LogP contribution >= 0.6 is 48.0 Å². The van der Waals surface area contributed by atoms with Crippen molar-refractivity contribution in [3.63, 3.8) is 0 Å². The van der Waals surface area contributed by atoms with Crippen molar-refractivity contribution in [3.05, 3.63) is 151 Å². The van der Waals surface area contributed by atoms with Crippen LogP contribution in [-0.2, 0) is 40.0 Å². The Bertz CT molecular complexity index is 2950. The van der Waals surface area contributed by atoms with Crippen molar-refractivity contribution in [1.29, 1.82) is 0 Å². The Morgan fingerprint density at radius 1 is 0.667 bits per heavy atom. The van der Waals surface area contributed by atoms with E-state index in [0.29, 0.717) is 59.3 Å². The summed E-state index contributed by atoms with van der Waals surface area (Å²) in [5, 5.41) is 30.8. The van der Waals surface area contributed by atoms with Gasteiger partial charge in [0.05, 0.1) is 21.1 Å². The number of halogens is 4. The van der Waals surface area contributed by atoms with Crippen molar-refractivity contribution in [2.24, 2.45) is 19.8 Å². The van der Waals surface area contributed by atoms with Crippen molar-refractivity contribution >= 4 is 93.3 Å². The SMILES string of the molecule is C.Cc1cc(N)nc(C)c1CN.Cc1cc(N)nc(C)c1CNC(=O)c1nnc(Cc2ccc3ncc(Cl)cc3c2)n1C.Cl.Cl.Cn1c(Cc2ccc3ncc(Cl)cc3c2)nnc1C(=O)O. The predicted octanol–water partition coefficient (Wildman–Crippen LogP) is 7.66. The lowest BCUT2D eigenvalue weighted by Gasteiger charge is -2.11. The third kappa shape index (κ3) is 13.1. The maximum absolute atomic E-state index is 12.7. The van der Waals surface area contributed by atoms with E-state index < -0.39 is 5.97 Å². The molecule has 0 bridgehead atoms. The fourth-order valence-electron chi connectivity index (χ4n) is 6.91. The van der Waals surface area contributed by atoms with Crippen LogP contribution in [0.5, 0.6) is 0 Å². The van der Waals surface area contributed by atoms with Crippen molar-refractivity contribution in [2.45, 2.75) is 61.1 Å². The number of hydrogen-bond donors (Lipinski definition) is 5. The van der Waals surface area contributed by atoms with Crippen LogP contribution in [0.25, 0.3) is 21.8 Å². The monoisotopic (exact) mass is 976 g/mol. The molecule has 21 heteroatoms. The number of hydrogen-bond acceptors (Lipinski definition) is 13. The van der Waals surface area contributed by atoms with E-state index in [1.54, 1.807) is 37.1 Å². The first-order valence-electron chi connectivity index (χ1n) is 19.5. The van der Waals surface area contributed by atoms with Crippen LogP contribution in [0.2, 0.25) is 10.0 Å². The second-order valence-corrected chi connectivity index (χ2v) is 15.6. The summed E-state index contributed by atoms with van der Waals surface area (Å²) in [6.07, 6.45) is 4.24. The summed E-state index contributed by atoms with van der Waals surface area (Å²) in [4.78, 5) is 40.6. The molecule has 348 valence electrons. The second-order valence-electron chi connectivity index (χ2n) is 14.8. The number of amides is 1. The van der Waals surface area contributed by atoms with E-state index in [2.05, 4.69) is 45.6 Å². The molecule has 0 aliphatic carbocycles. The lowest BCUT2D eigenvalue weighted by molar-refractivity contribution is 0.0678. The summed E-state index contributed by atoms with van der Waals surface area (Å²) >= 11 is 12.0. The molecule has 17 nitrogen and oxygen atoms in total. The number of anilines is 2. The number of nitrogen functional groups attached to an aromatic ring is 2. The normalized spacial score (nSPS) is 10.4. The van der Waals surface area contributed by atoms with Crippen LogP contribution in [0, 0.1) is 27.7 Å². The Hall–Kier alpha value is -6.50. The molecule has 66 heavy (non-hydrogen) atoms. The smallest absolute Gasteiger partial charge is 0.374 e. The lowest BCUT2D eigenvalue weighted by atomic mass is 10.1. The first-order valence-corrected chi connectivity index (χ1v) is 20.3. The molecule has 0 saturated heterocycles. The molecule has 1 amide bonds. The molecule has 6 heterocycles. The van der Waals surface area contributed by atoms with Gasteiger partial charge in [0.25, 0.3) is 5.91 Å². The molecule has 0 fully saturated rings. The molecule has 8 aromatic rings. The van der Waals surface area contributed by atoms with E-state index in [4.69, 9.17) is 45.5 Å². The molecule has 0 spiro atoms. The number of nitrogens with zero attached hydrogens (tertiary/aromatic N) is 10. The van der Waals surface area contributed by atoms with Gasteiger partial charge in [-0.05, 0) is 110 Å². The zero-order valence-electron chi connectivity index (χ0n) is 36.3. The average Bonchev–Trinajstić information content (AvgIpc) is 3.77. The highest BCUT2D eigenvalue weighted by Crippen LogP contribution is 2.22. The van der Waals surface area contributed by atoms with Gasteiger partial charge in [-0.2, -0.15) is 0 Å². The number of carboxylic acids is 1. The van der Waals surface area contributed by atoms with Gasteiger partial charge in [-0.1, -0.05) is 42.8 Å². The van der Waals surface area contributed by atoms with Gasteiger partial charge < -0.3 is 36.8 Å². The lowest BCUT2D eigenvalue weighted by Crippen LogP contribution is -2.27. The number of aromatic carboxylic acids is 1. The van der Waals surface area contributed by atoms with Crippen LogP contribution in [0.15, 0.2) is 73.1 Å². The number of aryl methyl sites for hydroxylation is 4. The van der Waals surface area contributed by atoms with E-state index in [1.807, 2.05) is 82.3 Å². The van der Waals surface area contributed by atoms with Crippen LogP contribution in [0.3, 0.4) is 0 Å². The summed E-state index contributed by atoms with van der Waals surface area (Å²) in [6.45, 7) is 8.60.